The normalized spacial score (nSPS) is 36.1. The lowest BCUT2D eigenvalue weighted by atomic mass is 9.53. The molecule has 0 spiro atoms. The van der Waals surface area contributed by atoms with Crippen LogP contribution in [0.15, 0.2) is 48.5 Å². The molecule has 2 amide bonds. The number of hydrogen-bond donors (Lipinski definition) is 3. The summed E-state index contributed by atoms with van der Waals surface area (Å²) < 4.78 is 13.4. The molecule has 2 saturated heterocycles. The van der Waals surface area contributed by atoms with Gasteiger partial charge in [0, 0.05) is 29.3 Å². The molecule has 8 rings (SSSR count). The van der Waals surface area contributed by atoms with Gasteiger partial charge in [-0.25, -0.2) is 4.79 Å². The highest BCUT2D eigenvalue weighted by atomic mass is 16.7. The van der Waals surface area contributed by atoms with Crippen LogP contribution in [0.2, 0.25) is 0 Å². The number of benzene rings is 2. The van der Waals surface area contributed by atoms with Gasteiger partial charge in [-0.15, -0.1) is 0 Å². The standard InChI is InChI=1S/C35H47N3O4/c1-23-31(21-38-12-3-2-4-13-38)41-33(42-32(23)28-10-8-24(22-39)9-11-28)29-6-5-7-30(17-29)36-34(40)37-35-18-25-14-26(19-35)16-27(15-25)20-35/h5-11,17,23,25-27,31-33,39H,2-4,12-16,18-22H2,1H3,(H2,36,37,40). The van der Waals surface area contributed by atoms with Gasteiger partial charge >= 0.3 is 6.03 Å². The number of hydrogen-bond acceptors (Lipinski definition) is 5. The van der Waals surface area contributed by atoms with Crippen LogP contribution >= 0.6 is 0 Å². The Kier molecular flexibility index (Phi) is 8.03. The fourth-order valence-corrected chi connectivity index (χ4v) is 9.15. The minimum absolute atomic E-state index is 0.0142. The molecule has 4 bridgehead atoms. The number of urea groups is 1. The van der Waals surface area contributed by atoms with Crippen molar-refractivity contribution < 1.29 is 19.4 Å². The fourth-order valence-electron chi connectivity index (χ4n) is 9.15. The van der Waals surface area contributed by atoms with E-state index >= 15 is 0 Å². The smallest absolute Gasteiger partial charge is 0.319 e. The molecule has 4 atom stereocenters. The van der Waals surface area contributed by atoms with E-state index in [1.165, 1.54) is 38.5 Å². The number of aliphatic hydroxyl groups is 1. The Hall–Kier alpha value is -2.45. The second kappa shape index (κ2) is 11.9. The van der Waals surface area contributed by atoms with Crippen molar-refractivity contribution in [1.29, 1.82) is 0 Å². The molecular weight excluding hydrogens is 526 g/mol. The highest BCUT2D eigenvalue weighted by Crippen LogP contribution is 2.55. The van der Waals surface area contributed by atoms with Gasteiger partial charge in [-0.3, -0.25) is 0 Å². The SMILES string of the molecule is CC1C(CN2CCCCC2)OC(c2cccc(NC(=O)NC34CC5CC(CC(C5)C3)C4)c2)OC1c1ccc(CO)cc1. The molecule has 6 aliphatic rings. The predicted octanol–water partition coefficient (Wildman–Crippen LogP) is 6.55. The van der Waals surface area contributed by atoms with Crippen molar-refractivity contribution in [1.82, 2.24) is 10.2 Å². The van der Waals surface area contributed by atoms with Crippen molar-refractivity contribution in [2.24, 2.45) is 23.7 Å². The molecule has 2 aliphatic heterocycles. The molecule has 6 fully saturated rings. The van der Waals surface area contributed by atoms with Gasteiger partial charge in [0.1, 0.15) is 0 Å². The molecular formula is C35H47N3O4. The summed E-state index contributed by atoms with van der Waals surface area (Å²) in [5.41, 5.74) is 3.64. The molecule has 7 heteroatoms. The molecule has 42 heavy (non-hydrogen) atoms. The van der Waals surface area contributed by atoms with Gasteiger partial charge in [0.15, 0.2) is 6.29 Å². The molecule has 3 N–H and O–H groups in total. The predicted molar refractivity (Wildman–Crippen MR) is 163 cm³/mol. The fraction of sp³-hybridized carbons (Fsp3) is 0.629. The third-order valence-electron chi connectivity index (χ3n) is 10.8. The van der Waals surface area contributed by atoms with Gasteiger partial charge in [-0.2, -0.15) is 0 Å². The monoisotopic (exact) mass is 573 g/mol. The van der Waals surface area contributed by atoms with Crippen LogP contribution in [0.4, 0.5) is 10.5 Å². The summed E-state index contributed by atoms with van der Waals surface area (Å²) in [6.45, 7) is 5.37. The summed E-state index contributed by atoms with van der Waals surface area (Å²) in [4.78, 5) is 15.8. The Morgan fingerprint density at radius 2 is 1.62 bits per heavy atom. The summed E-state index contributed by atoms with van der Waals surface area (Å²) in [6, 6.07) is 16.0. The van der Waals surface area contributed by atoms with E-state index in [2.05, 4.69) is 34.6 Å². The first-order valence-corrected chi connectivity index (χ1v) is 16.4. The van der Waals surface area contributed by atoms with E-state index in [0.717, 1.165) is 79.0 Å². The van der Waals surface area contributed by atoms with Crippen molar-refractivity contribution >= 4 is 11.7 Å². The molecule has 4 saturated carbocycles. The van der Waals surface area contributed by atoms with Crippen LogP contribution in [0.25, 0.3) is 0 Å². The number of aliphatic hydroxyl groups excluding tert-OH is 1. The van der Waals surface area contributed by atoms with E-state index in [1.807, 2.05) is 36.4 Å². The largest absolute Gasteiger partial charge is 0.392 e. The number of nitrogens with zero attached hydrogens (tertiary/aromatic N) is 1. The van der Waals surface area contributed by atoms with E-state index in [0.29, 0.717) is 0 Å². The summed E-state index contributed by atoms with van der Waals surface area (Å²) in [6.07, 6.45) is 10.6. The minimum Gasteiger partial charge on any atom is -0.392 e. The summed E-state index contributed by atoms with van der Waals surface area (Å²) in [7, 11) is 0. The van der Waals surface area contributed by atoms with Gasteiger partial charge in [0.2, 0.25) is 0 Å². The van der Waals surface area contributed by atoms with E-state index < -0.39 is 6.29 Å². The van der Waals surface area contributed by atoms with E-state index in [4.69, 9.17) is 9.47 Å². The van der Waals surface area contributed by atoms with Crippen molar-refractivity contribution in [3.05, 3.63) is 65.2 Å². The lowest BCUT2D eigenvalue weighted by Gasteiger charge is -2.56. The number of carbonyl (C=O) groups excluding carboxylic acids is 1. The van der Waals surface area contributed by atoms with Crippen molar-refractivity contribution in [2.45, 2.75) is 95.4 Å². The minimum atomic E-state index is -0.536. The maximum atomic E-state index is 13.3. The molecule has 2 aromatic rings. The van der Waals surface area contributed by atoms with Crippen LogP contribution in [0.1, 0.15) is 93.8 Å². The van der Waals surface area contributed by atoms with Crippen LogP contribution in [-0.2, 0) is 16.1 Å². The van der Waals surface area contributed by atoms with Crippen LogP contribution in [0.3, 0.4) is 0 Å². The lowest BCUT2D eigenvalue weighted by molar-refractivity contribution is -0.276. The molecule has 0 radical (unpaired) electrons. The lowest BCUT2D eigenvalue weighted by Crippen LogP contribution is -2.60. The van der Waals surface area contributed by atoms with E-state index in [9.17, 15) is 9.90 Å². The summed E-state index contributed by atoms with van der Waals surface area (Å²) >= 11 is 0. The number of anilines is 1. The van der Waals surface area contributed by atoms with E-state index in [-0.39, 0.29) is 36.3 Å². The van der Waals surface area contributed by atoms with Crippen LogP contribution in [-0.4, -0.2) is 47.3 Å². The van der Waals surface area contributed by atoms with Crippen molar-refractivity contribution in [3.8, 4) is 0 Å². The molecule has 7 nitrogen and oxygen atoms in total. The molecule has 2 heterocycles. The topological polar surface area (TPSA) is 83.1 Å². The first-order chi connectivity index (χ1) is 20.4. The Morgan fingerprint density at radius 3 is 2.29 bits per heavy atom. The Labute approximate surface area is 250 Å². The van der Waals surface area contributed by atoms with Gasteiger partial charge in [0.25, 0.3) is 0 Å². The Morgan fingerprint density at radius 1 is 0.929 bits per heavy atom. The highest BCUT2D eigenvalue weighted by Gasteiger charge is 2.51. The van der Waals surface area contributed by atoms with Gasteiger partial charge in [-0.05, 0) is 105 Å². The second-order valence-corrected chi connectivity index (χ2v) is 14.1. The third kappa shape index (κ3) is 5.99. The average molecular weight is 574 g/mol. The number of piperidine rings is 1. The molecule has 2 aromatic carbocycles. The number of nitrogens with one attached hydrogen (secondary N) is 2. The van der Waals surface area contributed by atoms with Gasteiger partial charge in [0.05, 0.1) is 18.8 Å². The first-order valence-electron chi connectivity index (χ1n) is 16.4. The number of rotatable bonds is 7. The Balaban J connectivity index is 1.07. The highest BCUT2D eigenvalue weighted by molar-refractivity contribution is 5.89. The molecule has 226 valence electrons. The third-order valence-corrected chi connectivity index (χ3v) is 10.8. The second-order valence-electron chi connectivity index (χ2n) is 14.1. The van der Waals surface area contributed by atoms with Gasteiger partial charge < -0.3 is 30.1 Å². The summed E-state index contributed by atoms with van der Waals surface area (Å²) in [5.74, 6) is 2.52. The van der Waals surface area contributed by atoms with Gasteiger partial charge in [-0.1, -0.05) is 49.7 Å². The van der Waals surface area contributed by atoms with Crippen LogP contribution in [0, 0.1) is 23.7 Å². The zero-order chi connectivity index (χ0) is 28.7. The van der Waals surface area contributed by atoms with Crippen molar-refractivity contribution in [2.75, 3.05) is 25.0 Å². The number of ether oxygens (including phenoxy) is 2. The molecule has 4 aliphatic carbocycles. The maximum Gasteiger partial charge on any atom is 0.319 e. The van der Waals surface area contributed by atoms with Crippen molar-refractivity contribution in [3.63, 3.8) is 0 Å². The maximum absolute atomic E-state index is 13.3. The first kappa shape index (κ1) is 28.3. The summed E-state index contributed by atoms with van der Waals surface area (Å²) in [5, 5.41) is 16.1. The zero-order valence-corrected chi connectivity index (χ0v) is 25.0. The number of amides is 2. The van der Waals surface area contributed by atoms with Crippen LogP contribution < -0.4 is 10.6 Å². The zero-order valence-electron chi connectivity index (χ0n) is 25.0. The quantitative estimate of drug-likeness (QED) is 0.350. The molecule has 0 aromatic heterocycles. The molecule has 4 unspecified atom stereocenters. The average Bonchev–Trinajstić information content (AvgIpc) is 2.98. The Bertz CT molecular complexity index is 1210. The number of likely N-dealkylation sites (tertiary alicyclic amines) is 1. The van der Waals surface area contributed by atoms with Crippen LogP contribution in [0.5, 0.6) is 0 Å². The van der Waals surface area contributed by atoms with E-state index in [1.54, 1.807) is 0 Å². The number of carbonyl (C=O) groups is 1.